The van der Waals surface area contributed by atoms with Crippen molar-refractivity contribution in [1.29, 1.82) is 0 Å². The van der Waals surface area contributed by atoms with Gasteiger partial charge in [0, 0.05) is 31.0 Å². The molecule has 0 spiro atoms. The van der Waals surface area contributed by atoms with Crippen LogP contribution in [0.3, 0.4) is 0 Å². The van der Waals surface area contributed by atoms with Gasteiger partial charge in [-0.25, -0.2) is 15.0 Å². The molecule has 6 nitrogen and oxygen atoms in total. The van der Waals surface area contributed by atoms with Gasteiger partial charge in [0.25, 0.3) is 0 Å². The van der Waals surface area contributed by atoms with E-state index >= 15 is 0 Å². The van der Waals surface area contributed by atoms with Gasteiger partial charge < -0.3 is 10.6 Å². The molecule has 1 atom stereocenters. The number of hydrogen-bond donors (Lipinski definition) is 2. The minimum atomic E-state index is -4.48. The van der Waals surface area contributed by atoms with Crippen molar-refractivity contribution in [3.8, 4) is 22.6 Å². The molecule has 3 aromatic carbocycles. The van der Waals surface area contributed by atoms with E-state index in [-0.39, 0.29) is 6.04 Å². The fourth-order valence-corrected chi connectivity index (χ4v) is 5.01. The van der Waals surface area contributed by atoms with Gasteiger partial charge in [0.05, 0.1) is 28.7 Å². The van der Waals surface area contributed by atoms with Crippen molar-refractivity contribution in [2.45, 2.75) is 32.2 Å². The third-order valence-corrected chi connectivity index (χ3v) is 7.19. The van der Waals surface area contributed by atoms with Crippen molar-refractivity contribution in [1.82, 2.24) is 24.7 Å². The Bertz CT molecular complexity index is 1830. The topological polar surface area (TPSA) is 67.1 Å². The van der Waals surface area contributed by atoms with E-state index in [2.05, 4.69) is 27.8 Å². The Morgan fingerprint density at radius 2 is 1.53 bits per heavy atom. The van der Waals surface area contributed by atoms with Gasteiger partial charge in [-0.15, -0.1) is 0 Å². The van der Waals surface area contributed by atoms with E-state index in [0.29, 0.717) is 47.3 Å². The highest BCUT2D eigenvalue weighted by Gasteiger charge is 2.31. The molecule has 2 N–H and O–H groups in total. The molecule has 0 unspecified atom stereocenters. The van der Waals surface area contributed by atoms with Gasteiger partial charge in [-0.05, 0) is 47.9 Å². The molecule has 0 fully saturated rings. The van der Waals surface area contributed by atoms with E-state index in [1.54, 1.807) is 18.3 Å². The van der Waals surface area contributed by atoms with Gasteiger partial charge in [-0.3, -0.25) is 4.40 Å². The molecule has 0 radical (unpaired) electrons. The predicted octanol–water partition coefficient (Wildman–Crippen LogP) is 7.94. The smallest absolute Gasteiger partial charge is 0.348 e. The molecule has 216 valence electrons. The second kappa shape index (κ2) is 12.1. The van der Waals surface area contributed by atoms with Crippen LogP contribution in [0.25, 0.3) is 28.3 Å². The number of hydrogen-bond acceptors (Lipinski definition) is 5. The van der Waals surface area contributed by atoms with Crippen LogP contribution in [0, 0.1) is 0 Å². The van der Waals surface area contributed by atoms with Crippen molar-refractivity contribution in [3.63, 3.8) is 0 Å². The first kappa shape index (κ1) is 28.1. The summed E-state index contributed by atoms with van der Waals surface area (Å²) < 4.78 is 42.9. The molecule has 0 amide bonds. The molecule has 3 heterocycles. The number of benzene rings is 3. The molecule has 43 heavy (non-hydrogen) atoms. The number of anilines is 1. The molecular formula is C34H29F3N6. The van der Waals surface area contributed by atoms with Crippen LogP contribution in [-0.4, -0.2) is 19.4 Å². The van der Waals surface area contributed by atoms with Crippen LogP contribution < -0.4 is 10.6 Å². The molecule has 9 heteroatoms. The monoisotopic (exact) mass is 578 g/mol. The zero-order chi connectivity index (χ0) is 29.8. The minimum Gasteiger partial charge on any atom is -0.348 e. The fourth-order valence-electron chi connectivity index (χ4n) is 5.01. The standard InChI is InChI=1S/C34H29F3N6/c1-23(26-11-6-3-7-12-26)40-33-39-18-17-29(41-33)32-31(27-13-8-14-28(19-27)34(35,36)37)42-30-16-15-25(22-43(30)32)21-38-20-24-9-4-2-5-10-24/h2-19,22-23,38H,20-21H2,1H3,(H,39,40,41)/t23-/m1/s1. The number of imidazole rings is 1. The second-order valence-corrected chi connectivity index (χ2v) is 10.3. The Hall–Kier alpha value is -5.02. The zero-order valence-electron chi connectivity index (χ0n) is 23.4. The Balaban J connectivity index is 1.40. The van der Waals surface area contributed by atoms with Gasteiger partial charge >= 0.3 is 6.18 Å². The molecule has 0 saturated carbocycles. The quantitative estimate of drug-likeness (QED) is 0.182. The first-order valence-electron chi connectivity index (χ1n) is 13.9. The summed E-state index contributed by atoms with van der Waals surface area (Å²) in [5.74, 6) is 0.402. The van der Waals surface area contributed by atoms with Crippen LogP contribution in [0.1, 0.15) is 35.2 Å². The summed E-state index contributed by atoms with van der Waals surface area (Å²) >= 11 is 0. The maximum absolute atomic E-state index is 13.7. The summed E-state index contributed by atoms with van der Waals surface area (Å²) in [4.78, 5) is 14.0. The first-order chi connectivity index (χ1) is 20.8. The van der Waals surface area contributed by atoms with E-state index in [4.69, 9.17) is 9.97 Å². The van der Waals surface area contributed by atoms with Crippen LogP contribution in [0.2, 0.25) is 0 Å². The number of nitrogens with zero attached hydrogens (tertiary/aromatic N) is 4. The van der Waals surface area contributed by atoms with Crippen LogP contribution in [0.15, 0.2) is 116 Å². The summed E-state index contributed by atoms with van der Waals surface area (Å²) in [6, 6.07) is 30.8. The van der Waals surface area contributed by atoms with Crippen molar-refractivity contribution >= 4 is 11.6 Å². The fraction of sp³-hybridized carbons (Fsp3) is 0.147. The van der Waals surface area contributed by atoms with Crippen LogP contribution >= 0.6 is 0 Å². The highest BCUT2D eigenvalue weighted by Crippen LogP contribution is 2.36. The first-order valence-corrected chi connectivity index (χ1v) is 13.9. The van der Waals surface area contributed by atoms with Crippen molar-refractivity contribution in [3.05, 3.63) is 138 Å². The van der Waals surface area contributed by atoms with E-state index in [0.717, 1.165) is 23.3 Å². The lowest BCUT2D eigenvalue weighted by Crippen LogP contribution is -2.13. The maximum atomic E-state index is 13.7. The van der Waals surface area contributed by atoms with Crippen LogP contribution in [0.4, 0.5) is 19.1 Å². The van der Waals surface area contributed by atoms with Gasteiger partial charge in [0.1, 0.15) is 5.65 Å². The van der Waals surface area contributed by atoms with Gasteiger partial charge in [0.15, 0.2) is 0 Å². The maximum Gasteiger partial charge on any atom is 0.416 e. The number of alkyl halides is 3. The van der Waals surface area contributed by atoms with Crippen LogP contribution in [0.5, 0.6) is 0 Å². The van der Waals surface area contributed by atoms with Gasteiger partial charge in [-0.1, -0.05) is 78.9 Å². The number of fused-ring (bicyclic) bond motifs is 1. The number of rotatable bonds is 9. The molecule has 0 bridgehead atoms. The Labute approximate surface area is 247 Å². The summed E-state index contributed by atoms with van der Waals surface area (Å²) in [7, 11) is 0. The highest BCUT2D eigenvalue weighted by molar-refractivity contribution is 5.81. The molecule has 3 aromatic heterocycles. The SMILES string of the molecule is C[C@@H](Nc1nccc(-c2c(-c3cccc(C(F)(F)F)c3)nc3ccc(CNCc4ccccc4)cn23)n1)c1ccccc1. The second-order valence-electron chi connectivity index (χ2n) is 10.3. The van der Waals surface area contributed by atoms with Crippen molar-refractivity contribution < 1.29 is 13.2 Å². The minimum absolute atomic E-state index is 0.0659. The summed E-state index contributed by atoms with van der Waals surface area (Å²) in [6.07, 6.45) is -0.885. The highest BCUT2D eigenvalue weighted by atomic mass is 19.4. The molecule has 0 aliphatic carbocycles. The van der Waals surface area contributed by atoms with Crippen molar-refractivity contribution in [2.75, 3.05) is 5.32 Å². The lowest BCUT2D eigenvalue weighted by Gasteiger charge is -2.15. The van der Waals surface area contributed by atoms with E-state index < -0.39 is 11.7 Å². The van der Waals surface area contributed by atoms with E-state index in [1.165, 1.54) is 11.6 Å². The molecule has 0 aliphatic heterocycles. The van der Waals surface area contributed by atoms with E-state index in [1.807, 2.05) is 78.2 Å². The number of halogens is 3. The normalized spacial score (nSPS) is 12.4. The Morgan fingerprint density at radius 1 is 0.791 bits per heavy atom. The number of aromatic nitrogens is 4. The van der Waals surface area contributed by atoms with E-state index in [9.17, 15) is 13.2 Å². The number of nitrogens with one attached hydrogen (secondary N) is 2. The third-order valence-electron chi connectivity index (χ3n) is 7.19. The van der Waals surface area contributed by atoms with Crippen molar-refractivity contribution in [2.24, 2.45) is 0 Å². The molecule has 6 rings (SSSR count). The summed E-state index contributed by atoms with van der Waals surface area (Å²) in [6.45, 7) is 3.31. The van der Waals surface area contributed by atoms with Crippen LogP contribution in [-0.2, 0) is 19.3 Å². The summed E-state index contributed by atoms with van der Waals surface area (Å²) in [5.41, 5.74) is 4.96. The zero-order valence-corrected chi connectivity index (χ0v) is 23.4. The third kappa shape index (κ3) is 6.42. The molecular weight excluding hydrogens is 549 g/mol. The largest absolute Gasteiger partial charge is 0.416 e. The molecule has 0 aliphatic rings. The molecule has 6 aromatic rings. The Kier molecular flexibility index (Phi) is 7.89. The molecule has 0 saturated heterocycles. The lowest BCUT2D eigenvalue weighted by atomic mass is 10.0. The predicted molar refractivity (Wildman–Crippen MR) is 162 cm³/mol. The average molecular weight is 579 g/mol. The summed E-state index contributed by atoms with van der Waals surface area (Å²) in [5, 5.41) is 6.80. The van der Waals surface area contributed by atoms with Gasteiger partial charge in [-0.2, -0.15) is 13.2 Å². The Morgan fingerprint density at radius 3 is 2.30 bits per heavy atom. The number of pyridine rings is 1. The lowest BCUT2D eigenvalue weighted by molar-refractivity contribution is -0.137. The average Bonchev–Trinajstić information content (AvgIpc) is 3.41. The van der Waals surface area contributed by atoms with Gasteiger partial charge in [0.2, 0.25) is 5.95 Å².